The molecule has 2 heterocycles. The summed E-state index contributed by atoms with van der Waals surface area (Å²) in [4.78, 5) is 32.9. The lowest BCUT2D eigenvalue weighted by molar-refractivity contribution is -0.148. The molecule has 1 fully saturated rings. The number of aromatic nitrogens is 2. The number of hydrogen-bond donors (Lipinski definition) is 1. The van der Waals surface area contributed by atoms with E-state index in [4.69, 9.17) is 25.2 Å². The second kappa shape index (κ2) is 15.7. The number of morpholine rings is 1. The van der Waals surface area contributed by atoms with Crippen LogP contribution in [0.5, 0.6) is 5.75 Å². The minimum Gasteiger partial charge on any atom is -0.497 e. The fraction of sp³-hybridized carbons (Fsp3) is 0.237. The fourth-order valence-corrected chi connectivity index (χ4v) is 7.10. The summed E-state index contributed by atoms with van der Waals surface area (Å²) >= 11 is 6.29. The minimum atomic E-state index is -3.65. The SMILES string of the molecule is COc1ccc(C(c2ccccc2)(c2ccccc2)N2C[C@@H](COP(=O)(Cl)N(C)C)O[C@@H](n3ccc(NC(=O)c4ccccc4)nc3=O)C2)cc1. The average molecular weight is 728 g/mol. The summed E-state index contributed by atoms with van der Waals surface area (Å²) in [6.07, 6.45) is -0.00972. The van der Waals surface area contributed by atoms with Crippen molar-refractivity contribution in [1.29, 1.82) is 0 Å². The normalized spacial score (nSPS) is 17.8. The summed E-state index contributed by atoms with van der Waals surface area (Å²) in [6.45, 7) is -3.23. The Morgan fingerprint density at radius 3 is 2.02 bits per heavy atom. The van der Waals surface area contributed by atoms with E-state index in [9.17, 15) is 14.2 Å². The van der Waals surface area contributed by atoms with Gasteiger partial charge in [0.25, 0.3) is 5.91 Å². The number of rotatable bonds is 12. The fourth-order valence-electron chi connectivity index (χ4n) is 6.35. The van der Waals surface area contributed by atoms with Crippen molar-refractivity contribution in [1.82, 2.24) is 19.1 Å². The van der Waals surface area contributed by atoms with Gasteiger partial charge in [-0.25, -0.2) is 9.46 Å². The molecule has 0 radical (unpaired) electrons. The van der Waals surface area contributed by atoms with Crippen molar-refractivity contribution >= 4 is 29.8 Å². The maximum absolute atomic E-state index is 13.7. The van der Waals surface area contributed by atoms with E-state index in [1.807, 2.05) is 66.7 Å². The second-order valence-corrected chi connectivity index (χ2v) is 15.4. The number of hydrogen-bond acceptors (Lipinski definition) is 8. The van der Waals surface area contributed by atoms with Gasteiger partial charge in [0.05, 0.1) is 25.4 Å². The van der Waals surface area contributed by atoms with Gasteiger partial charge in [0.1, 0.15) is 11.6 Å². The zero-order valence-electron chi connectivity index (χ0n) is 28.5. The first-order valence-corrected chi connectivity index (χ1v) is 18.8. The first-order chi connectivity index (χ1) is 24.6. The molecule has 4 aromatic carbocycles. The molecule has 6 rings (SSSR count). The van der Waals surface area contributed by atoms with Crippen LogP contribution in [0.15, 0.2) is 132 Å². The molecule has 0 bridgehead atoms. The van der Waals surface area contributed by atoms with E-state index in [2.05, 4.69) is 39.5 Å². The number of amides is 1. The molecule has 1 amide bonds. The van der Waals surface area contributed by atoms with E-state index >= 15 is 0 Å². The number of halogens is 1. The molecule has 11 nitrogen and oxygen atoms in total. The van der Waals surface area contributed by atoms with Crippen molar-refractivity contribution in [3.8, 4) is 5.75 Å². The van der Waals surface area contributed by atoms with Crippen molar-refractivity contribution in [2.75, 3.05) is 46.2 Å². The zero-order valence-corrected chi connectivity index (χ0v) is 30.1. The molecule has 1 saturated heterocycles. The highest BCUT2D eigenvalue weighted by Gasteiger charge is 2.47. The monoisotopic (exact) mass is 727 g/mol. The van der Waals surface area contributed by atoms with E-state index < -0.39 is 30.4 Å². The van der Waals surface area contributed by atoms with Crippen molar-refractivity contribution in [3.63, 3.8) is 0 Å². The lowest BCUT2D eigenvalue weighted by atomic mass is 9.75. The molecule has 0 spiro atoms. The number of benzene rings is 4. The standard InChI is InChI=1S/C38H39ClN5O6P/c1-42(2)51(39,47)49-27-33-25-43(26-35(50-33)44-24-23-34(41-37(44)46)40-36(45)28-13-7-4-8-14-28)38(29-15-9-5-10-16-29,30-17-11-6-12-18-30)31-19-21-32(48-3)22-20-31/h4-24,33,35H,25-27H2,1-3H3,(H,40,41,45,46)/t33-,35+,51?/m0/s1. The van der Waals surface area contributed by atoms with Crippen LogP contribution < -0.4 is 15.7 Å². The second-order valence-electron chi connectivity index (χ2n) is 12.2. The van der Waals surface area contributed by atoms with Gasteiger partial charge in [0.2, 0.25) is 0 Å². The molecule has 3 atom stereocenters. The van der Waals surface area contributed by atoms with Crippen LogP contribution in [0.4, 0.5) is 5.82 Å². The summed E-state index contributed by atoms with van der Waals surface area (Å²) in [5, 5.41) is 2.70. The molecule has 5 aromatic rings. The Morgan fingerprint density at radius 2 is 1.47 bits per heavy atom. The van der Waals surface area contributed by atoms with E-state index in [0.717, 1.165) is 16.7 Å². The largest absolute Gasteiger partial charge is 0.497 e. The molecular weight excluding hydrogens is 689 g/mol. The van der Waals surface area contributed by atoms with Gasteiger partial charge >= 0.3 is 12.6 Å². The predicted octanol–water partition coefficient (Wildman–Crippen LogP) is 6.62. The maximum Gasteiger partial charge on any atom is 0.362 e. The average Bonchev–Trinajstić information content (AvgIpc) is 3.16. The van der Waals surface area contributed by atoms with E-state index in [1.165, 1.54) is 9.24 Å². The van der Waals surface area contributed by atoms with Gasteiger partial charge in [-0.05, 0) is 72.4 Å². The molecule has 1 N–H and O–H groups in total. The van der Waals surface area contributed by atoms with Crippen LogP contribution in [0, 0.1) is 0 Å². The summed E-state index contributed by atoms with van der Waals surface area (Å²) in [6, 6.07) is 38.3. The van der Waals surface area contributed by atoms with Gasteiger partial charge in [0.15, 0.2) is 6.23 Å². The molecule has 1 aliphatic rings. The van der Waals surface area contributed by atoms with Gasteiger partial charge in [0, 0.05) is 24.8 Å². The number of carbonyl (C=O) groups is 1. The quantitative estimate of drug-likeness (QED) is 0.112. The smallest absolute Gasteiger partial charge is 0.362 e. The van der Waals surface area contributed by atoms with E-state index in [-0.39, 0.29) is 24.9 Å². The molecule has 1 unspecified atom stereocenters. The summed E-state index contributed by atoms with van der Waals surface area (Å²) in [7, 11) is 4.78. The highest BCUT2D eigenvalue weighted by molar-refractivity contribution is 7.83. The highest BCUT2D eigenvalue weighted by atomic mass is 35.7. The summed E-state index contributed by atoms with van der Waals surface area (Å²) in [5.41, 5.74) is 1.80. The topological polar surface area (TPSA) is 115 Å². The number of carbonyl (C=O) groups excluding carboxylic acids is 1. The van der Waals surface area contributed by atoms with Crippen LogP contribution in [-0.4, -0.2) is 72.0 Å². The number of nitrogens with one attached hydrogen (secondary N) is 1. The van der Waals surface area contributed by atoms with Gasteiger partial charge in [-0.15, -0.1) is 0 Å². The number of anilines is 1. The third kappa shape index (κ3) is 7.84. The summed E-state index contributed by atoms with van der Waals surface area (Å²) in [5.74, 6) is 0.422. The number of ether oxygens (including phenoxy) is 2. The van der Waals surface area contributed by atoms with Crippen molar-refractivity contribution in [2.24, 2.45) is 0 Å². The maximum atomic E-state index is 13.7. The molecule has 0 saturated carbocycles. The Kier molecular flexibility index (Phi) is 11.2. The van der Waals surface area contributed by atoms with Crippen molar-refractivity contribution < 1.29 is 23.4 Å². The van der Waals surface area contributed by atoms with E-state index in [0.29, 0.717) is 17.9 Å². The van der Waals surface area contributed by atoms with Crippen LogP contribution in [0.25, 0.3) is 0 Å². The Labute approximate surface area is 301 Å². The Bertz CT molecular complexity index is 1990. The van der Waals surface area contributed by atoms with Gasteiger partial charge in [-0.1, -0.05) is 91.0 Å². The third-order valence-corrected chi connectivity index (χ3v) is 11.5. The van der Waals surface area contributed by atoms with Crippen LogP contribution in [0.3, 0.4) is 0 Å². The van der Waals surface area contributed by atoms with Crippen molar-refractivity contribution in [3.05, 3.63) is 160 Å². The Balaban J connectivity index is 1.45. The van der Waals surface area contributed by atoms with Crippen LogP contribution >= 0.6 is 18.1 Å². The predicted molar refractivity (Wildman–Crippen MR) is 197 cm³/mol. The van der Waals surface area contributed by atoms with Crippen molar-refractivity contribution in [2.45, 2.75) is 17.9 Å². The highest BCUT2D eigenvalue weighted by Crippen LogP contribution is 2.54. The third-order valence-electron chi connectivity index (χ3n) is 8.83. The number of nitrogens with zero attached hydrogens (tertiary/aromatic N) is 4. The number of methoxy groups -OCH3 is 1. The van der Waals surface area contributed by atoms with Gasteiger partial charge < -0.3 is 19.3 Å². The summed E-state index contributed by atoms with van der Waals surface area (Å²) < 4.78 is 33.6. The lowest BCUT2D eigenvalue weighted by Gasteiger charge is -2.50. The first kappa shape index (κ1) is 36.2. The molecular formula is C38H39ClN5O6P. The van der Waals surface area contributed by atoms with Crippen LogP contribution in [-0.2, 0) is 19.4 Å². The van der Waals surface area contributed by atoms with Crippen LogP contribution in [0.1, 0.15) is 33.3 Å². The van der Waals surface area contributed by atoms with Crippen LogP contribution in [0.2, 0.25) is 0 Å². The molecule has 51 heavy (non-hydrogen) atoms. The first-order valence-electron chi connectivity index (χ1n) is 16.4. The Morgan fingerprint density at radius 1 is 0.902 bits per heavy atom. The molecule has 13 heteroatoms. The van der Waals surface area contributed by atoms with E-state index in [1.54, 1.807) is 57.7 Å². The van der Waals surface area contributed by atoms with Gasteiger partial charge in [-0.3, -0.25) is 18.8 Å². The Hall–Kier alpha value is -4.61. The molecule has 0 aliphatic carbocycles. The lowest BCUT2D eigenvalue weighted by Crippen LogP contribution is -2.58. The molecule has 1 aromatic heterocycles. The molecule has 264 valence electrons. The zero-order chi connectivity index (χ0) is 36.0. The minimum absolute atomic E-state index is 0.105. The molecule has 1 aliphatic heterocycles. The van der Waals surface area contributed by atoms with Gasteiger partial charge in [-0.2, -0.15) is 4.98 Å².